The van der Waals surface area contributed by atoms with Gasteiger partial charge in [0, 0.05) is 30.6 Å². The van der Waals surface area contributed by atoms with Crippen molar-refractivity contribution in [3.8, 4) is 0 Å². The van der Waals surface area contributed by atoms with E-state index in [0.29, 0.717) is 5.92 Å². The van der Waals surface area contributed by atoms with Gasteiger partial charge in [-0.15, -0.1) is 0 Å². The Kier molecular flexibility index (Phi) is 5.23. The lowest BCUT2D eigenvalue weighted by Crippen LogP contribution is -2.39. The molecule has 140 valence electrons. The second-order valence-electron chi connectivity index (χ2n) is 7.63. The molecule has 1 saturated heterocycles. The summed E-state index contributed by atoms with van der Waals surface area (Å²) >= 11 is 0. The molecule has 1 atom stereocenters. The maximum atomic E-state index is 13.2. The van der Waals surface area contributed by atoms with E-state index < -0.39 is 0 Å². The molecule has 0 spiro atoms. The molecule has 2 aliphatic rings. The quantitative estimate of drug-likeness (QED) is 0.814. The van der Waals surface area contributed by atoms with Crippen molar-refractivity contribution in [2.24, 2.45) is 11.1 Å². The second-order valence-corrected chi connectivity index (χ2v) is 7.63. The number of amides is 1. The zero-order valence-electron chi connectivity index (χ0n) is 15.8. The number of carbonyl (C=O) groups excluding carboxylic acids is 1. The highest BCUT2D eigenvalue weighted by atomic mass is 16.6. The predicted molar refractivity (Wildman–Crippen MR) is 107 cm³/mol. The van der Waals surface area contributed by atoms with E-state index in [1.54, 1.807) is 0 Å². The summed E-state index contributed by atoms with van der Waals surface area (Å²) in [5.74, 6) is 0.770. The van der Waals surface area contributed by atoms with Crippen LogP contribution in [0.2, 0.25) is 0 Å². The Hall–Kier alpha value is -2.62. The van der Waals surface area contributed by atoms with Crippen molar-refractivity contribution in [2.45, 2.75) is 38.7 Å². The standard InChI is InChI=1S/C23H26N2O2/c1-17-15-22(24-27-17)20-9-5-6-10-21(20)23(26)25-13-11-19(12-14-25)16-18-7-3-2-4-8-18/h2-10,17,19H,11-16H2,1H3. The van der Waals surface area contributed by atoms with Gasteiger partial charge in [-0.3, -0.25) is 4.79 Å². The van der Waals surface area contributed by atoms with Gasteiger partial charge in [-0.1, -0.05) is 53.7 Å². The summed E-state index contributed by atoms with van der Waals surface area (Å²) < 4.78 is 0. The number of carbonyl (C=O) groups is 1. The molecule has 4 nitrogen and oxygen atoms in total. The van der Waals surface area contributed by atoms with Crippen molar-refractivity contribution >= 4 is 11.6 Å². The number of benzene rings is 2. The first kappa shape index (κ1) is 17.8. The fourth-order valence-corrected chi connectivity index (χ4v) is 4.04. The zero-order chi connectivity index (χ0) is 18.6. The summed E-state index contributed by atoms with van der Waals surface area (Å²) in [6, 6.07) is 18.4. The van der Waals surface area contributed by atoms with E-state index in [-0.39, 0.29) is 12.0 Å². The molecule has 1 amide bonds. The molecular weight excluding hydrogens is 336 g/mol. The molecule has 4 heteroatoms. The molecule has 1 unspecified atom stereocenters. The lowest BCUT2D eigenvalue weighted by molar-refractivity contribution is 0.0690. The minimum atomic E-state index is 0.0805. The summed E-state index contributed by atoms with van der Waals surface area (Å²) in [5, 5.41) is 4.18. The number of nitrogens with zero attached hydrogens (tertiary/aromatic N) is 2. The molecule has 0 aliphatic carbocycles. The van der Waals surface area contributed by atoms with Crippen LogP contribution in [0, 0.1) is 5.92 Å². The van der Waals surface area contributed by atoms with Crippen molar-refractivity contribution in [3.63, 3.8) is 0 Å². The molecule has 2 aromatic rings. The van der Waals surface area contributed by atoms with Gasteiger partial charge in [-0.2, -0.15) is 0 Å². The Labute approximate surface area is 160 Å². The molecule has 0 saturated carbocycles. The van der Waals surface area contributed by atoms with Crippen molar-refractivity contribution in [1.29, 1.82) is 0 Å². The van der Waals surface area contributed by atoms with Gasteiger partial charge in [0.25, 0.3) is 5.91 Å². The normalized spacial score (nSPS) is 20.3. The van der Waals surface area contributed by atoms with Gasteiger partial charge in [0.2, 0.25) is 0 Å². The van der Waals surface area contributed by atoms with Crippen LogP contribution in [-0.2, 0) is 11.3 Å². The third-order valence-electron chi connectivity index (χ3n) is 5.56. The first-order valence-electron chi connectivity index (χ1n) is 9.86. The van der Waals surface area contributed by atoms with Crippen LogP contribution in [0.1, 0.15) is 47.7 Å². The van der Waals surface area contributed by atoms with E-state index in [0.717, 1.165) is 55.6 Å². The van der Waals surface area contributed by atoms with E-state index in [1.807, 2.05) is 36.1 Å². The highest BCUT2D eigenvalue weighted by Gasteiger charge is 2.27. The maximum absolute atomic E-state index is 13.2. The molecule has 4 rings (SSSR count). The number of hydrogen-bond acceptors (Lipinski definition) is 3. The van der Waals surface area contributed by atoms with Gasteiger partial charge in [0.15, 0.2) is 0 Å². The topological polar surface area (TPSA) is 41.9 Å². The van der Waals surface area contributed by atoms with Gasteiger partial charge in [0.1, 0.15) is 6.10 Å². The van der Waals surface area contributed by atoms with Crippen LogP contribution in [0.5, 0.6) is 0 Å². The zero-order valence-corrected chi connectivity index (χ0v) is 15.8. The van der Waals surface area contributed by atoms with Crippen molar-refractivity contribution in [2.75, 3.05) is 13.1 Å². The van der Waals surface area contributed by atoms with E-state index in [2.05, 4.69) is 35.5 Å². The number of rotatable bonds is 4. The Morgan fingerprint density at radius 1 is 1.07 bits per heavy atom. The lowest BCUT2D eigenvalue weighted by Gasteiger charge is -2.32. The molecule has 1 fully saturated rings. The summed E-state index contributed by atoms with van der Waals surface area (Å²) in [5.41, 5.74) is 3.93. The van der Waals surface area contributed by atoms with E-state index in [1.165, 1.54) is 5.56 Å². The highest BCUT2D eigenvalue weighted by Crippen LogP contribution is 2.25. The number of piperidine rings is 1. The fourth-order valence-electron chi connectivity index (χ4n) is 4.04. The van der Waals surface area contributed by atoms with Gasteiger partial charge >= 0.3 is 0 Å². The molecule has 2 aromatic carbocycles. The molecule has 0 bridgehead atoms. The highest BCUT2D eigenvalue weighted by molar-refractivity contribution is 6.10. The van der Waals surface area contributed by atoms with Crippen LogP contribution >= 0.6 is 0 Å². The molecule has 2 heterocycles. The van der Waals surface area contributed by atoms with Gasteiger partial charge in [0.05, 0.1) is 5.71 Å². The minimum absolute atomic E-state index is 0.0805. The maximum Gasteiger partial charge on any atom is 0.254 e. The first-order valence-corrected chi connectivity index (χ1v) is 9.86. The molecule has 0 aromatic heterocycles. The van der Waals surface area contributed by atoms with Crippen LogP contribution in [0.4, 0.5) is 0 Å². The molecule has 27 heavy (non-hydrogen) atoms. The van der Waals surface area contributed by atoms with Crippen LogP contribution in [0.15, 0.2) is 59.8 Å². The third kappa shape index (κ3) is 4.05. The summed E-state index contributed by atoms with van der Waals surface area (Å²) in [6.45, 7) is 3.65. The molecule has 0 N–H and O–H groups in total. The average molecular weight is 362 g/mol. The number of hydrogen-bond donors (Lipinski definition) is 0. The monoisotopic (exact) mass is 362 g/mol. The van der Waals surface area contributed by atoms with E-state index in [9.17, 15) is 4.79 Å². The van der Waals surface area contributed by atoms with Gasteiger partial charge < -0.3 is 9.74 Å². The Morgan fingerprint density at radius 2 is 1.78 bits per heavy atom. The number of likely N-dealkylation sites (tertiary alicyclic amines) is 1. The largest absolute Gasteiger partial charge is 0.392 e. The molecule has 0 radical (unpaired) electrons. The van der Waals surface area contributed by atoms with Crippen LogP contribution in [0.25, 0.3) is 0 Å². The summed E-state index contributed by atoms with van der Waals surface area (Å²) in [4.78, 5) is 20.5. The third-order valence-corrected chi connectivity index (χ3v) is 5.56. The van der Waals surface area contributed by atoms with Crippen molar-refractivity contribution in [3.05, 3.63) is 71.3 Å². The van der Waals surface area contributed by atoms with Gasteiger partial charge in [-0.05, 0) is 43.7 Å². The van der Waals surface area contributed by atoms with E-state index in [4.69, 9.17) is 4.84 Å². The summed E-state index contributed by atoms with van der Waals surface area (Å²) in [7, 11) is 0. The Balaban J connectivity index is 1.41. The van der Waals surface area contributed by atoms with Gasteiger partial charge in [-0.25, -0.2) is 0 Å². The van der Waals surface area contributed by atoms with E-state index >= 15 is 0 Å². The Bertz CT molecular complexity index is 823. The first-order chi connectivity index (χ1) is 13.2. The fraction of sp³-hybridized carbons (Fsp3) is 0.391. The molecular formula is C23H26N2O2. The minimum Gasteiger partial charge on any atom is -0.392 e. The second kappa shape index (κ2) is 7.95. The van der Waals surface area contributed by atoms with Crippen LogP contribution in [0.3, 0.4) is 0 Å². The smallest absolute Gasteiger partial charge is 0.254 e. The lowest BCUT2D eigenvalue weighted by atomic mass is 9.89. The van der Waals surface area contributed by atoms with Crippen molar-refractivity contribution in [1.82, 2.24) is 4.90 Å². The van der Waals surface area contributed by atoms with Crippen LogP contribution < -0.4 is 0 Å². The molecule has 2 aliphatic heterocycles. The number of oxime groups is 1. The van der Waals surface area contributed by atoms with Crippen LogP contribution in [-0.4, -0.2) is 35.7 Å². The summed E-state index contributed by atoms with van der Waals surface area (Å²) in [6.07, 6.45) is 4.06. The Morgan fingerprint density at radius 3 is 2.48 bits per heavy atom. The van der Waals surface area contributed by atoms with Crippen molar-refractivity contribution < 1.29 is 9.63 Å². The predicted octanol–water partition coefficient (Wildman–Crippen LogP) is 4.29. The SMILES string of the molecule is CC1CC(c2ccccc2C(=O)N2CCC(Cc3ccccc3)CC2)=NO1. The average Bonchev–Trinajstić information content (AvgIpc) is 3.15.